The zero-order valence-corrected chi connectivity index (χ0v) is 17.3. The number of nitrogens with two attached hydrogens (primary N) is 1. The lowest BCUT2D eigenvalue weighted by atomic mass is 10.0. The Bertz CT molecular complexity index is 1260. The van der Waals surface area contributed by atoms with Gasteiger partial charge in [-0.1, -0.05) is 32.0 Å². The normalized spacial score (nSPS) is 12.1. The van der Waals surface area contributed by atoms with Crippen LogP contribution in [0.3, 0.4) is 0 Å². The number of aromatic nitrogens is 4. The van der Waals surface area contributed by atoms with Crippen molar-refractivity contribution in [2.24, 2.45) is 0 Å². The van der Waals surface area contributed by atoms with Crippen LogP contribution in [0.4, 0.5) is 5.82 Å². The first-order valence-corrected chi connectivity index (χ1v) is 11.4. The summed E-state index contributed by atoms with van der Waals surface area (Å²) in [4.78, 5) is 9.27. The van der Waals surface area contributed by atoms with E-state index in [1.54, 1.807) is 4.68 Å². The van der Waals surface area contributed by atoms with Gasteiger partial charge in [0.25, 0.3) is 0 Å². The minimum absolute atomic E-state index is 0.254. The average molecular weight is 414 g/mol. The molecule has 28 heavy (non-hydrogen) atoms. The van der Waals surface area contributed by atoms with Crippen molar-refractivity contribution >= 4 is 38.0 Å². The zero-order chi connectivity index (χ0) is 20.1. The smallest absolute Gasteiger partial charge is 0.249 e. The van der Waals surface area contributed by atoms with Crippen LogP contribution in [0.15, 0.2) is 46.9 Å². The molecule has 0 spiro atoms. The van der Waals surface area contributed by atoms with Crippen LogP contribution in [0.2, 0.25) is 0 Å². The predicted octanol–water partition coefficient (Wildman–Crippen LogP) is 3.65. The molecule has 4 aromatic rings. The number of hydrogen-bond acceptors (Lipinski definition) is 7. The van der Waals surface area contributed by atoms with Crippen LogP contribution in [-0.4, -0.2) is 34.4 Å². The molecule has 0 atom stereocenters. The van der Waals surface area contributed by atoms with Crippen molar-refractivity contribution in [1.29, 1.82) is 0 Å². The second-order valence-electron chi connectivity index (χ2n) is 6.85. The van der Waals surface area contributed by atoms with Crippen molar-refractivity contribution in [2.75, 3.05) is 12.0 Å². The molecule has 2 N–H and O–H groups in total. The van der Waals surface area contributed by atoms with Crippen molar-refractivity contribution < 1.29 is 8.42 Å². The lowest BCUT2D eigenvalue weighted by Gasteiger charge is -2.08. The van der Waals surface area contributed by atoms with E-state index in [4.69, 9.17) is 5.73 Å². The lowest BCUT2D eigenvalue weighted by molar-refractivity contribution is 0.594. The van der Waals surface area contributed by atoms with Crippen molar-refractivity contribution in [1.82, 2.24) is 19.7 Å². The maximum Gasteiger partial charge on any atom is 0.249 e. The van der Waals surface area contributed by atoms with Gasteiger partial charge in [0.2, 0.25) is 15.0 Å². The third kappa shape index (κ3) is 3.16. The molecule has 0 aliphatic heterocycles. The van der Waals surface area contributed by atoms with Gasteiger partial charge in [0.15, 0.2) is 5.65 Å². The highest BCUT2D eigenvalue weighted by Crippen LogP contribution is 2.34. The highest BCUT2D eigenvalue weighted by molar-refractivity contribution is 7.90. The zero-order valence-electron chi connectivity index (χ0n) is 15.6. The SMILES string of the molecule is CC(C)c1ccc(-n2nc3nc(S(C)(=O)=O)nc(-c4cccs4)c3c2N)cc1. The molecule has 0 aliphatic carbocycles. The third-order valence-corrected chi connectivity index (χ3v) is 6.16. The van der Waals surface area contributed by atoms with E-state index < -0.39 is 9.84 Å². The van der Waals surface area contributed by atoms with E-state index >= 15 is 0 Å². The molecule has 7 nitrogen and oxygen atoms in total. The number of thiophene rings is 1. The van der Waals surface area contributed by atoms with Crippen LogP contribution in [0.25, 0.3) is 27.3 Å². The van der Waals surface area contributed by atoms with Crippen LogP contribution in [-0.2, 0) is 9.84 Å². The Morgan fingerprint density at radius 2 is 1.82 bits per heavy atom. The van der Waals surface area contributed by atoms with Gasteiger partial charge in [-0.15, -0.1) is 16.4 Å². The van der Waals surface area contributed by atoms with E-state index in [9.17, 15) is 8.42 Å². The van der Waals surface area contributed by atoms with E-state index in [2.05, 4.69) is 28.9 Å². The summed E-state index contributed by atoms with van der Waals surface area (Å²) in [5.74, 6) is 0.785. The predicted molar refractivity (Wildman–Crippen MR) is 112 cm³/mol. The molecule has 9 heteroatoms. The Morgan fingerprint density at radius 1 is 1.11 bits per heavy atom. The first-order valence-electron chi connectivity index (χ1n) is 8.66. The van der Waals surface area contributed by atoms with Gasteiger partial charge < -0.3 is 5.73 Å². The molecule has 0 radical (unpaired) electrons. The van der Waals surface area contributed by atoms with Gasteiger partial charge in [-0.2, -0.15) is 4.98 Å². The summed E-state index contributed by atoms with van der Waals surface area (Å²) in [7, 11) is -3.60. The minimum Gasteiger partial charge on any atom is -0.383 e. The van der Waals surface area contributed by atoms with Crippen LogP contribution < -0.4 is 5.73 Å². The van der Waals surface area contributed by atoms with Crippen LogP contribution >= 0.6 is 11.3 Å². The van der Waals surface area contributed by atoms with E-state index in [0.29, 0.717) is 22.8 Å². The molecule has 4 rings (SSSR count). The maximum atomic E-state index is 12.1. The maximum absolute atomic E-state index is 12.1. The Labute approximate surface area is 166 Å². The van der Waals surface area contributed by atoms with Gasteiger partial charge in [-0.05, 0) is 35.1 Å². The summed E-state index contributed by atoms with van der Waals surface area (Å²) in [5, 5.41) is 6.66. The number of nitrogens with zero attached hydrogens (tertiary/aromatic N) is 4. The molecule has 144 valence electrons. The summed E-state index contributed by atoms with van der Waals surface area (Å²) < 4.78 is 25.7. The summed E-state index contributed by atoms with van der Waals surface area (Å²) >= 11 is 1.45. The summed E-state index contributed by atoms with van der Waals surface area (Å²) in [5.41, 5.74) is 9.12. The van der Waals surface area contributed by atoms with Gasteiger partial charge in [0.05, 0.1) is 21.6 Å². The summed E-state index contributed by atoms with van der Waals surface area (Å²) in [6.45, 7) is 4.25. The Balaban J connectivity index is 1.98. The highest BCUT2D eigenvalue weighted by atomic mass is 32.2. The Hall–Kier alpha value is -2.78. The van der Waals surface area contributed by atoms with E-state index in [-0.39, 0.29) is 10.8 Å². The number of rotatable bonds is 4. The monoisotopic (exact) mass is 413 g/mol. The highest BCUT2D eigenvalue weighted by Gasteiger charge is 2.23. The second-order valence-corrected chi connectivity index (χ2v) is 9.70. The fraction of sp³-hybridized carbons (Fsp3) is 0.211. The van der Waals surface area contributed by atoms with Crippen molar-refractivity contribution in [3.8, 4) is 16.3 Å². The molecule has 1 aromatic carbocycles. The summed E-state index contributed by atoms with van der Waals surface area (Å²) in [6.07, 6.45) is 1.08. The largest absolute Gasteiger partial charge is 0.383 e. The molecule has 0 unspecified atom stereocenters. The van der Waals surface area contributed by atoms with E-state index in [1.165, 1.54) is 16.9 Å². The van der Waals surface area contributed by atoms with Gasteiger partial charge >= 0.3 is 0 Å². The standard InChI is InChI=1S/C19H19N5O2S2/c1-11(2)12-6-8-13(9-7-12)24-17(20)15-16(14-5-4-10-27-14)21-19(28(3,25)26)22-18(15)23-24/h4-11H,20H2,1-3H3. The number of benzene rings is 1. The molecule has 0 saturated carbocycles. The molecule has 0 fully saturated rings. The molecular weight excluding hydrogens is 394 g/mol. The molecule has 0 aliphatic rings. The topological polar surface area (TPSA) is 104 Å². The molecule has 3 heterocycles. The van der Waals surface area contributed by atoms with E-state index in [1.807, 2.05) is 41.8 Å². The van der Waals surface area contributed by atoms with Crippen LogP contribution in [0.1, 0.15) is 25.3 Å². The van der Waals surface area contributed by atoms with Crippen molar-refractivity contribution in [3.05, 3.63) is 47.3 Å². The van der Waals surface area contributed by atoms with Crippen LogP contribution in [0.5, 0.6) is 0 Å². The fourth-order valence-corrected chi connectivity index (χ4v) is 4.18. The van der Waals surface area contributed by atoms with Crippen molar-refractivity contribution in [2.45, 2.75) is 24.9 Å². The molecule has 0 saturated heterocycles. The van der Waals surface area contributed by atoms with Crippen LogP contribution in [0, 0.1) is 0 Å². The number of nitrogen functional groups attached to an aromatic ring is 1. The summed E-state index contributed by atoms with van der Waals surface area (Å²) in [6, 6.07) is 11.7. The lowest BCUT2D eigenvalue weighted by Crippen LogP contribution is -2.05. The Morgan fingerprint density at radius 3 is 2.39 bits per heavy atom. The molecular formula is C19H19N5O2S2. The number of anilines is 1. The van der Waals surface area contributed by atoms with Gasteiger partial charge in [-0.3, -0.25) is 0 Å². The van der Waals surface area contributed by atoms with Gasteiger partial charge in [-0.25, -0.2) is 18.1 Å². The van der Waals surface area contributed by atoms with Gasteiger partial charge in [0.1, 0.15) is 5.82 Å². The van der Waals surface area contributed by atoms with E-state index in [0.717, 1.165) is 16.8 Å². The molecule has 0 bridgehead atoms. The quantitative estimate of drug-likeness (QED) is 0.512. The minimum atomic E-state index is -3.60. The number of fused-ring (bicyclic) bond motifs is 1. The molecule has 3 aromatic heterocycles. The fourth-order valence-electron chi connectivity index (χ4n) is 2.95. The third-order valence-electron chi connectivity index (χ3n) is 4.44. The average Bonchev–Trinajstić information content (AvgIpc) is 3.29. The number of sulfone groups is 1. The molecule has 0 amide bonds. The van der Waals surface area contributed by atoms with Gasteiger partial charge in [0, 0.05) is 6.26 Å². The second kappa shape index (κ2) is 6.68. The first kappa shape index (κ1) is 18.6. The van der Waals surface area contributed by atoms with Crippen molar-refractivity contribution in [3.63, 3.8) is 0 Å². The Kier molecular flexibility index (Phi) is 4.43. The first-order chi connectivity index (χ1) is 13.3. The number of hydrogen-bond donors (Lipinski definition) is 1.